The van der Waals surface area contributed by atoms with Crippen LogP contribution in [0.2, 0.25) is 0 Å². The average Bonchev–Trinajstić information content (AvgIpc) is 2.65. The van der Waals surface area contributed by atoms with Gasteiger partial charge < -0.3 is 4.74 Å². The molecule has 0 aromatic heterocycles. The molecule has 2 aromatic carbocycles. The summed E-state index contributed by atoms with van der Waals surface area (Å²) in [4.78, 5) is 12.9. The number of carbonyl (C=O) groups excluding carboxylic acids is 1. The SMILES string of the molecule is COC(=O)c1cc(S(=O)(=O)NCCSc2ccc(C(C)C)cc2)ccc1C. The maximum atomic E-state index is 12.5. The molecule has 27 heavy (non-hydrogen) atoms. The van der Waals surface area contributed by atoms with Crippen molar-refractivity contribution in [1.82, 2.24) is 4.72 Å². The molecule has 0 amide bonds. The van der Waals surface area contributed by atoms with Crippen LogP contribution in [0.1, 0.15) is 41.3 Å². The summed E-state index contributed by atoms with van der Waals surface area (Å²) in [6, 6.07) is 12.7. The maximum absolute atomic E-state index is 12.5. The Morgan fingerprint density at radius 1 is 1.15 bits per heavy atom. The first kappa shape index (κ1) is 21.5. The number of ether oxygens (including phenoxy) is 1. The highest BCUT2D eigenvalue weighted by atomic mass is 32.2. The summed E-state index contributed by atoms with van der Waals surface area (Å²) in [6.45, 7) is 6.32. The molecule has 0 aliphatic carbocycles. The van der Waals surface area contributed by atoms with E-state index in [0.717, 1.165) is 4.90 Å². The van der Waals surface area contributed by atoms with Gasteiger partial charge in [0, 0.05) is 17.2 Å². The molecule has 0 aliphatic rings. The van der Waals surface area contributed by atoms with Gasteiger partial charge in [-0.3, -0.25) is 0 Å². The zero-order valence-electron chi connectivity index (χ0n) is 16.0. The topological polar surface area (TPSA) is 72.5 Å². The molecule has 0 fully saturated rings. The Balaban J connectivity index is 1.96. The Hall–Kier alpha value is -1.83. The van der Waals surface area contributed by atoms with Crippen LogP contribution in [0.25, 0.3) is 0 Å². The second-order valence-electron chi connectivity index (χ2n) is 6.44. The van der Waals surface area contributed by atoms with E-state index < -0.39 is 16.0 Å². The molecule has 0 saturated carbocycles. The van der Waals surface area contributed by atoms with Crippen LogP contribution in [-0.2, 0) is 14.8 Å². The van der Waals surface area contributed by atoms with Crippen molar-refractivity contribution in [3.8, 4) is 0 Å². The fourth-order valence-corrected chi connectivity index (χ4v) is 4.43. The van der Waals surface area contributed by atoms with Gasteiger partial charge in [-0.15, -0.1) is 11.8 Å². The quantitative estimate of drug-likeness (QED) is 0.407. The maximum Gasteiger partial charge on any atom is 0.338 e. The number of methoxy groups -OCH3 is 1. The number of esters is 1. The second-order valence-corrected chi connectivity index (χ2v) is 9.37. The Bertz CT molecular complexity index is 891. The van der Waals surface area contributed by atoms with Gasteiger partial charge >= 0.3 is 5.97 Å². The monoisotopic (exact) mass is 407 g/mol. The third-order valence-electron chi connectivity index (χ3n) is 4.13. The van der Waals surface area contributed by atoms with Crippen molar-refractivity contribution in [1.29, 1.82) is 0 Å². The Labute approximate surface area is 165 Å². The minimum absolute atomic E-state index is 0.0554. The number of hydrogen-bond acceptors (Lipinski definition) is 5. The molecular formula is C20H25NO4S2. The van der Waals surface area contributed by atoms with Crippen molar-refractivity contribution in [2.75, 3.05) is 19.4 Å². The zero-order valence-corrected chi connectivity index (χ0v) is 17.6. The van der Waals surface area contributed by atoms with Crippen molar-refractivity contribution in [3.05, 3.63) is 59.2 Å². The third-order valence-corrected chi connectivity index (χ3v) is 6.61. The van der Waals surface area contributed by atoms with Gasteiger partial charge in [-0.2, -0.15) is 0 Å². The molecular weight excluding hydrogens is 382 g/mol. The zero-order chi connectivity index (χ0) is 20.0. The minimum atomic E-state index is -3.68. The second kappa shape index (κ2) is 9.39. The lowest BCUT2D eigenvalue weighted by Gasteiger charge is -2.10. The molecule has 0 bridgehead atoms. The van der Waals surface area contributed by atoms with Crippen LogP contribution >= 0.6 is 11.8 Å². The van der Waals surface area contributed by atoms with Crippen LogP contribution in [0.4, 0.5) is 0 Å². The van der Waals surface area contributed by atoms with E-state index in [-0.39, 0.29) is 10.5 Å². The number of aryl methyl sites for hydroxylation is 1. The van der Waals surface area contributed by atoms with Crippen LogP contribution < -0.4 is 4.72 Å². The van der Waals surface area contributed by atoms with E-state index >= 15 is 0 Å². The lowest BCUT2D eigenvalue weighted by molar-refractivity contribution is 0.0599. The van der Waals surface area contributed by atoms with Gasteiger partial charge in [0.2, 0.25) is 10.0 Å². The highest BCUT2D eigenvalue weighted by Gasteiger charge is 2.18. The molecule has 0 atom stereocenters. The number of hydrogen-bond donors (Lipinski definition) is 1. The molecule has 1 N–H and O–H groups in total. The number of thioether (sulfide) groups is 1. The number of benzene rings is 2. The third kappa shape index (κ3) is 5.82. The normalized spacial score (nSPS) is 11.6. The van der Waals surface area contributed by atoms with Crippen molar-refractivity contribution in [2.24, 2.45) is 0 Å². The van der Waals surface area contributed by atoms with Crippen molar-refractivity contribution >= 4 is 27.8 Å². The van der Waals surface area contributed by atoms with E-state index in [2.05, 4.69) is 42.8 Å². The van der Waals surface area contributed by atoms with Crippen LogP contribution in [-0.4, -0.2) is 33.8 Å². The van der Waals surface area contributed by atoms with Gasteiger partial charge in [0.15, 0.2) is 0 Å². The van der Waals surface area contributed by atoms with Crippen molar-refractivity contribution < 1.29 is 17.9 Å². The fourth-order valence-electron chi connectivity index (χ4n) is 2.48. The summed E-state index contributed by atoms with van der Waals surface area (Å²) < 4.78 is 32.2. The van der Waals surface area contributed by atoms with Crippen molar-refractivity contribution in [2.45, 2.75) is 36.5 Å². The number of sulfonamides is 1. The molecule has 5 nitrogen and oxygen atoms in total. The van der Waals surface area contributed by atoms with Gasteiger partial charge in [-0.05, 0) is 48.2 Å². The lowest BCUT2D eigenvalue weighted by atomic mass is 10.0. The summed E-state index contributed by atoms with van der Waals surface area (Å²) in [5.41, 5.74) is 2.20. The van der Waals surface area contributed by atoms with E-state index in [4.69, 9.17) is 4.74 Å². The molecule has 0 aliphatic heterocycles. The Kier molecular flexibility index (Phi) is 7.47. The predicted molar refractivity (Wildman–Crippen MR) is 109 cm³/mol. The van der Waals surface area contributed by atoms with Crippen LogP contribution in [0.5, 0.6) is 0 Å². The molecule has 0 heterocycles. The molecule has 0 radical (unpaired) electrons. The smallest absolute Gasteiger partial charge is 0.338 e. The Morgan fingerprint density at radius 2 is 1.81 bits per heavy atom. The molecule has 146 valence electrons. The Morgan fingerprint density at radius 3 is 2.41 bits per heavy atom. The van der Waals surface area contributed by atoms with Gasteiger partial charge in [-0.1, -0.05) is 32.0 Å². The molecule has 7 heteroatoms. The van der Waals surface area contributed by atoms with Gasteiger partial charge in [0.1, 0.15) is 0 Å². The first-order valence-electron chi connectivity index (χ1n) is 8.66. The van der Waals surface area contributed by atoms with E-state index in [1.807, 2.05) is 0 Å². The summed E-state index contributed by atoms with van der Waals surface area (Å²) >= 11 is 1.59. The summed E-state index contributed by atoms with van der Waals surface area (Å²) in [5.74, 6) is 0.542. The first-order chi connectivity index (χ1) is 12.7. The average molecular weight is 408 g/mol. The largest absolute Gasteiger partial charge is 0.465 e. The van der Waals surface area contributed by atoms with E-state index in [1.54, 1.807) is 24.8 Å². The van der Waals surface area contributed by atoms with E-state index in [0.29, 0.717) is 23.8 Å². The van der Waals surface area contributed by atoms with Gasteiger partial charge in [0.05, 0.1) is 17.6 Å². The fraction of sp³-hybridized carbons (Fsp3) is 0.350. The minimum Gasteiger partial charge on any atom is -0.465 e. The van der Waals surface area contributed by atoms with Crippen LogP contribution in [0.15, 0.2) is 52.3 Å². The molecule has 0 unspecified atom stereocenters. The predicted octanol–water partition coefficient (Wildman–Crippen LogP) is 3.98. The highest BCUT2D eigenvalue weighted by molar-refractivity contribution is 7.99. The first-order valence-corrected chi connectivity index (χ1v) is 11.1. The molecule has 0 saturated heterocycles. The molecule has 2 aromatic rings. The van der Waals surface area contributed by atoms with Crippen LogP contribution in [0.3, 0.4) is 0 Å². The number of nitrogens with one attached hydrogen (secondary N) is 1. The number of carbonyl (C=O) groups is 1. The number of rotatable bonds is 8. The van der Waals surface area contributed by atoms with E-state index in [9.17, 15) is 13.2 Å². The standard InChI is InChI=1S/C20H25NO4S2/c1-14(2)16-6-8-17(9-7-16)26-12-11-21-27(23,24)18-10-5-15(3)19(13-18)20(22)25-4/h5-10,13-14,21H,11-12H2,1-4H3. The van der Waals surface area contributed by atoms with Gasteiger partial charge in [0.25, 0.3) is 0 Å². The molecule has 0 spiro atoms. The summed E-state index contributed by atoms with van der Waals surface area (Å²) in [7, 11) is -2.41. The summed E-state index contributed by atoms with van der Waals surface area (Å²) in [6.07, 6.45) is 0. The van der Waals surface area contributed by atoms with Crippen molar-refractivity contribution in [3.63, 3.8) is 0 Å². The lowest BCUT2D eigenvalue weighted by Crippen LogP contribution is -2.26. The van der Waals surface area contributed by atoms with E-state index in [1.165, 1.54) is 24.8 Å². The summed E-state index contributed by atoms with van der Waals surface area (Å²) in [5, 5.41) is 0. The highest BCUT2D eigenvalue weighted by Crippen LogP contribution is 2.22. The molecule has 2 rings (SSSR count). The van der Waals surface area contributed by atoms with Gasteiger partial charge in [-0.25, -0.2) is 17.9 Å². The van der Waals surface area contributed by atoms with Crippen LogP contribution in [0, 0.1) is 6.92 Å².